The van der Waals surface area contributed by atoms with Crippen LogP contribution >= 0.6 is 0 Å². The first-order valence-corrected chi connectivity index (χ1v) is 11.0. The smallest absolute Gasteiger partial charge is 0.178 e. The number of aromatic nitrogens is 5. The summed E-state index contributed by atoms with van der Waals surface area (Å²) in [4.78, 5) is 4.49. The van der Waals surface area contributed by atoms with Crippen molar-refractivity contribution in [2.45, 2.75) is 24.8 Å². The van der Waals surface area contributed by atoms with Crippen molar-refractivity contribution in [1.82, 2.24) is 25.4 Å². The van der Waals surface area contributed by atoms with E-state index in [0.717, 1.165) is 27.7 Å². The summed E-state index contributed by atoms with van der Waals surface area (Å²) >= 11 is 0. The molecule has 8 nitrogen and oxygen atoms in total. The summed E-state index contributed by atoms with van der Waals surface area (Å²) in [6, 6.07) is 12.9. The summed E-state index contributed by atoms with van der Waals surface area (Å²) in [5.74, 6) is 0.544. The van der Waals surface area contributed by atoms with Crippen LogP contribution in [-0.4, -0.2) is 46.1 Å². The van der Waals surface area contributed by atoms with Gasteiger partial charge >= 0.3 is 0 Å². The van der Waals surface area contributed by atoms with Gasteiger partial charge in [-0.1, -0.05) is 18.2 Å². The molecule has 0 unspecified atom stereocenters. The molecule has 148 valence electrons. The summed E-state index contributed by atoms with van der Waals surface area (Å²) in [6.07, 6.45) is 2.63. The molecule has 0 radical (unpaired) electrons. The second kappa shape index (κ2) is 7.25. The lowest BCUT2D eigenvalue weighted by atomic mass is 10.0. The molecule has 0 aliphatic heterocycles. The van der Waals surface area contributed by atoms with Crippen molar-refractivity contribution < 1.29 is 8.42 Å². The Kier molecular flexibility index (Phi) is 4.75. The van der Waals surface area contributed by atoms with Gasteiger partial charge in [0.2, 0.25) is 0 Å². The lowest BCUT2D eigenvalue weighted by Crippen LogP contribution is -2.12. The van der Waals surface area contributed by atoms with E-state index in [0.29, 0.717) is 16.4 Å². The highest BCUT2D eigenvalue weighted by Crippen LogP contribution is 2.33. The molecule has 2 heterocycles. The third-order valence-electron chi connectivity index (χ3n) is 4.45. The fourth-order valence-electron chi connectivity index (χ4n) is 3.10. The quantitative estimate of drug-likeness (QED) is 0.521. The molecular formula is C20H20N6O2S. The van der Waals surface area contributed by atoms with E-state index in [9.17, 15) is 8.42 Å². The van der Waals surface area contributed by atoms with E-state index < -0.39 is 9.84 Å². The predicted molar refractivity (Wildman–Crippen MR) is 112 cm³/mol. The van der Waals surface area contributed by atoms with Gasteiger partial charge in [0.15, 0.2) is 21.4 Å². The standard InChI is InChI=1S/C20H20N6O2S/c1-12(2)23-18-16-9-6-14(13-4-7-15(8-5-13)29(3,27)28)10-17(16)24-25-19(18)20-21-11-22-26-20/h4-12H,1-3H3,(H,23,24)(H,21,22,26). The predicted octanol–water partition coefficient (Wildman–Crippen LogP) is 3.31. The Morgan fingerprint density at radius 2 is 1.72 bits per heavy atom. The molecule has 0 fully saturated rings. The zero-order chi connectivity index (χ0) is 20.6. The van der Waals surface area contributed by atoms with Gasteiger partial charge in [0.05, 0.1) is 16.1 Å². The van der Waals surface area contributed by atoms with E-state index in [1.54, 1.807) is 24.3 Å². The number of H-pyrrole nitrogens is 1. The normalized spacial score (nSPS) is 11.9. The Morgan fingerprint density at radius 3 is 2.34 bits per heavy atom. The number of nitrogens with one attached hydrogen (secondary N) is 2. The third kappa shape index (κ3) is 3.81. The van der Waals surface area contributed by atoms with Crippen LogP contribution in [0.3, 0.4) is 0 Å². The molecule has 4 aromatic rings. The molecular weight excluding hydrogens is 388 g/mol. The molecule has 2 aromatic carbocycles. The Hall–Kier alpha value is -3.33. The Labute approximate surface area is 168 Å². The van der Waals surface area contributed by atoms with Gasteiger partial charge in [0.1, 0.15) is 6.33 Å². The van der Waals surface area contributed by atoms with E-state index in [-0.39, 0.29) is 6.04 Å². The van der Waals surface area contributed by atoms with Gasteiger partial charge in [-0.2, -0.15) is 5.10 Å². The molecule has 0 aliphatic rings. The van der Waals surface area contributed by atoms with Gasteiger partial charge in [-0.05, 0) is 49.2 Å². The number of nitrogens with zero attached hydrogens (tertiary/aromatic N) is 4. The van der Waals surface area contributed by atoms with E-state index in [2.05, 4.69) is 30.7 Å². The van der Waals surface area contributed by atoms with Crippen LogP contribution in [0.2, 0.25) is 0 Å². The van der Waals surface area contributed by atoms with E-state index in [1.807, 2.05) is 32.0 Å². The van der Waals surface area contributed by atoms with Crippen molar-refractivity contribution in [2.24, 2.45) is 0 Å². The SMILES string of the molecule is CC(C)Nc1c(-c2ncn[nH]2)nnc2cc(-c3ccc(S(C)(=O)=O)cc3)ccc12. The highest BCUT2D eigenvalue weighted by Gasteiger charge is 2.16. The average Bonchev–Trinajstić information content (AvgIpc) is 3.21. The van der Waals surface area contributed by atoms with Gasteiger partial charge in [0, 0.05) is 17.7 Å². The molecule has 0 atom stereocenters. The summed E-state index contributed by atoms with van der Waals surface area (Å²) in [7, 11) is -3.22. The molecule has 29 heavy (non-hydrogen) atoms. The summed E-state index contributed by atoms with van der Waals surface area (Å²) in [6.45, 7) is 4.10. The van der Waals surface area contributed by atoms with Crippen LogP contribution in [0.5, 0.6) is 0 Å². The third-order valence-corrected chi connectivity index (χ3v) is 5.58. The van der Waals surface area contributed by atoms with Crippen LogP contribution in [-0.2, 0) is 9.84 Å². The molecule has 0 aliphatic carbocycles. The fourth-order valence-corrected chi connectivity index (χ4v) is 3.73. The van der Waals surface area contributed by atoms with Gasteiger partial charge in [-0.3, -0.25) is 5.10 Å². The molecule has 0 amide bonds. The number of rotatable bonds is 5. The summed E-state index contributed by atoms with van der Waals surface area (Å²) < 4.78 is 23.3. The zero-order valence-corrected chi connectivity index (χ0v) is 17.0. The van der Waals surface area contributed by atoms with Crippen LogP contribution in [0.15, 0.2) is 53.7 Å². The molecule has 9 heteroatoms. The van der Waals surface area contributed by atoms with Crippen LogP contribution in [0.25, 0.3) is 33.5 Å². The van der Waals surface area contributed by atoms with Crippen molar-refractivity contribution >= 4 is 26.4 Å². The lowest BCUT2D eigenvalue weighted by Gasteiger charge is -2.15. The first kappa shape index (κ1) is 19.0. The van der Waals surface area contributed by atoms with Gasteiger partial charge in [-0.25, -0.2) is 13.4 Å². The van der Waals surface area contributed by atoms with Crippen molar-refractivity contribution in [3.63, 3.8) is 0 Å². The van der Waals surface area contributed by atoms with Gasteiger partial charge < -0.3 is 5.32 Å². The number of sulfone groups is 1. The molecule has 0 saturated carbocycles. The van der Waals surface area contributed by atoms with E-state index >= 15 is 0 Å². The maximum Gasteiger partial charge on any atom is 0.178 e. The first-order valence-electron chi connectivity index (χ1n) is 9.06. The number of anilines is 1. The van der Waals surface area contributed by atoms with E-state index in [1.165, 1.54) is 12.6 Å². The largest absolute Gasteiger partial charge is 0.380 e. The van der Waals surface area contributed by atoms with Crippen LogP contribution in [0.4, 0.5) is 5.69 Å². The molecule has 2 aromatic heterocycles. The maximum atomic E-state index is 11.7. The van der Waals surface area contributed by atoms with Crippen molar-refractivity contribution in [2.75, 3.05) is 11.6 Å². The minimum Gasteiger partial charge on any atom is -0.380 e. The van der Waals surface area contributed by atoms with Crippen LogP contribution in [0.1, 0.15) is 13.8 Å². The second-order valence-corrected chi connectivity index (χ2v) is 9.10. The Balaban J connectivity index is 1.82. The monoisotopic (exact) mass is 408 g/mol. The van der Waals surface area contributed by atoms with Crippen LogP contribution in [0, 0.1) is 0 Å². The number of hydrogen-bond acceptors (Lipinski definition) is 7. The minimum absolute atomic E-state index is 0.187. The number of hydrogen-bond donors (Lipinski definition) is 2. The van der Waals surface area contributed by atoms with E-state index in [4.69, 9.17) is 0 Å². The number of benzene rings is 2. The van der Waals surface area contributed by atoms with Crippen molar-refractivity contribution in [3.8, 4) is 22.6 Å². The second-order valence-electron chi connectivity index (χ2n) is 7.09. The Bertz CT molecular complexity index is 1270. The van der Waals surface area contributed by atoms with Crippen molar-refractivity contribution in [3.05, 3.63) is 48.8 Å². The Morgan fingerprint density at radius 1 is 1.00 bits per heavy atom. The fraction of sp³-hybridized carbons (Fsp3) is 0.200. The molecule has 2 N–H and O–H groups in total. The zero-order valence-electron chi connectivity index (χ0n) is 16.2. The molecule has 4 rings (SSSR count). The molecule has 0 spiro atoms. The maximum absolute atomic E-state index is 11.7. The first-order chi connectivity index (χ1) is 13.8. The number of aromatic amines is 1. The van der Waals surface area contributed by atoms with Gasteiger partial charge in [-0.15, -0.1) is 10.2 Å². The summed E-state index contributed by atoms with van der Waals surface area (Å²) in [5.41, 5.74) is 3.99. The van der Waals surface area contributed by atoms with Gasteiger partial charge in [0.25, 0.3) is 0 Å². The lowest BCUT2D eigenvalue weighted by molar-refractivity contribution is 0.602. The molecule has 0 bridgehead atoms. The topological polar surface area (TPSA) is 114 Å². The highest BCUT2D eigenvalue weighted by atomic mass is 32.2. The van der Waals surface area contributed by atoms with Crippen LogP contribution < -0.4 is 5.32 Å². The average molecular weight is 408 g/mol. The number of fused-ring (bicyclic) bond motifs is 1. The van der Waals surface area contributed by atoms with Crippen molar-refractivity contribution in [1.29, 1.82) is 0 Å². The minimum atomic E-state index is -3.22. The highest BCUT2D eigenvalue weighted by molar-refractivity contribution is 7.90. The summed E-state index contributed by atoms with van der Waals surface area (Å²) in [5, 5.41) is 19.8. The molecule has 0 saturated heterocycles.